The molecule has 0 bridgehead atoms. The van der Waals surface area contributed by atoms with E-state index in [4.69, 9.17) is 0 Å². The van der Waals surface area contributed by atoms with Crippen LogP contribution in [0, 0.1) is 13.8 Å². The predicted octanol–water partition coefficient (Wildman–Crippen LogP) is 5.10. The summed E-state index contributed by atoms with van der Waals surface area (Å²) in [6, 6.07) is 10.4. The number of benzene rings is 1. The minimum absolute atomic E-state index is 0.0470. The fourth-order valence-corrected chi connectivity index (χ4v) is 5.11. The minimum atomic E-state index is -0.212. The summed E-state index contributed by atoms with van der Waals surface area (Å²) in [6.07, 6.45) is 2.58. The molecule has 2 atom stereocenters. The van der Waals surface area contributed by atoms with Crippen molar-refractivity contribution < 1.29 is 4.79 Å². The van der Waals surface area contributed by atoms with Crippen LogP contribution in [0.5, 0.6) is 0 Å². The molecule has 0 aliphatic rings. The van der Waals surface area contributed by atoms with Gasteiger partial charge in [0.05, 0.1) is 5.25 Å². The number of thioether (sulfide) groups is 1. The van der Waals surface area contributed by atoms with Crippen molar-refractivity contribution in [1.29, 1.82) is 0 Å². The molecule has 27 heavy (non-hydrogen) atoms. The van der Waals surface area contributed by atoms with Gasteiger partial charge in [0.25, 0.3) is 0 Å². The number of aromatic nitrogens is 2. The highest BCUT2D eigenvalue weighted by Gasteiger charge is 2.20. The number of carbonyl (C=O) groups excluding carboxylic acids is 1. The first-order chi connectivity index (χ1) is 13.0. The zero-order chi connectivity index (χ0) is 19.4. The second kappa shape index (κ2) is 8.85. The fraction of sp³-hybridized carbons (Fsp3) is 0.381. The first-order valence-corrected chi connectivity index (χ1v) is 10.9. The van der Waals surface area contributed by atoms with E-state index in [1.54, 1.807) is 17.7 Å². The van der Waals surface area contributed by atoms with Crippen LogP contribution in [0.15, 0.2) is 41.7 Å². The average molecular weight is 400 g/mol. The molecule has 1 N–H and O–H groups in total. The monoisotopic (exact) mass is 399 g/mol. The quantitative estimate of drug-likeness (QED) is 0.444. The molecule has 6 heteroatoms. The van der Waals surface area contributed by atoms with Gasteiger partial charge in [0.1, 0.15) is 16.2 Å². The van der Waals surface area contributed by atoms with Crippen LogP contribution < -0.4 is 5.32 Å². The molecule has 1 amide bonds. The van der Waals surface area contributed by atoms with Crippen LogP contribution in [0.2, 0.25) is 0 Å². The molecule has 0 saturated heterocycles. The standard InChI is InChI=1S/C21H25N3OS2/c1-5-16(17-9-7-6-8-10-17)11-22-19(25)15(4)27-21-18-13(2)14(3)26-20(18)23-12-24-21/h6-10,12,15-16H,5,11H2,1-4H3,(H,22,25)/t15-,16+/m0/s1. The van der Waals surface area contributed by atoms with Crippen LogP contribution in [-0.2, 0) is 4.79 Å². The van der Waals surface area contributed by atoms with Crippen molar-refractivity contribution in [1.82, 2.24) is 15.3 Å². The van der Waals surface area contributed by atoms with Gasteiger partial charge in [-0.1, -0.05) is 49.0 Å². The Hall–Kier alpha value is -1.92. The van der Waals surface area contributed by atoms with Crippen molar-refractivity contribution in [3.63, 3.8) is 0 Å². The van der Waals surface area contributed by atoms with E-state index in [2.05, 4.69) is 48.2 Å². The third-order valence-corrected chi connectivity index (χ3v) is 7.09. The average Bonchev–Trinajstić information content (AvgIpc) is 2.97. The fourth-order valence-electron chi connectivity index (χ4n) is 3.05. The largest absolute Gasteiger partial charge is 0.355 e. The maximum Gasteiger partial charge on any atom is 0.233 e. The van der Waals surface area contributed by atoms with E-state index in [0.29, 0.717) is 12.5 Å². The van der Waals surface area contributed by atoms with Crippen molar-refractivity contribution in [2.45, 2.75) is 50.3 Å². The zero-order valence-electron chi connectivity index (χ0n) is 16.2. The van der Waals surface area contributed by atoms with Crippen molar-refractivity contribution in [3.8, 4) is 0 Å². The zero-order valence-corrected chi connectivity index (χ0v) is 17.8. The molecule has 0 aliphatic carbocycles. The molecule has 142 valence electrons. The Morgan fingerprint density at radius 3 is 2.67 bits per heavy atom. The molecule has 2 heterocycles. The predicted molar refractivity (Wildman–Crippen MR) is 115 cm³/mol. The van der Waals surface area contributed by atoms with E-state index in [1.807, 2.05) is 25.1 Å². The Bertz CT molecular complexity index is 924. The van der Waals surface area contributed by atoms with Gasteiger partial charge in [-0.05, 0) is 38.3 Å². The molecule has 4 nitrogen and oxygen atoms in total. The summed E-state index contributed by atoms with van der Waals surface area (Å²) in [6.45, 7) is 8.94. The van der Waals surface area contributed by atoms with Gasteiger partial charge in [-0.15, -0.1) is 11.3 Å². The second-order valence-corrected chi connectivity index (χ2v) is 9.20. The summed E-state index contributed by atoms with van der Waals surface area (Å²) in [5.41, 5.74) is 2.48. The van der Waals surface area contributed by atoms with Crippen LogP contribution in [0.4, 0.5) is 0 Å². The summed E-state index contributed by atoms with van der Waals surface area (Å²) in [5, 5.41) is 4.88. The molecule has 1 aromatic carbocycles. The van der Waals surface area contributed by atoms with Crippen LogP contribution in [0.3, 0.4) is 0 Å². The summed E-state index contributed by atoms with van der Waals surface area (Å²) in [5.74, 6) is 0.380. The van der Waals surface area contributed by atoms with Crippen molar-refractivity contribution in [3.05, 3.63) is 52.7 Å². The summed E-state index contributed by atoms with van der Waals surface area (Å²) in [4.78, 5) is 23.7. The maximum absolute atomic E-state index is 12.7. The number of thiophene rings is 1. The Labute approximate surface area is 168 Å². The Balaban J connectivity index is 1.66. The Kier molecular flexibility index (Phi) is 6.50. The van der Waals surface area contributed by atoms with Crippen molar-refractivity contribution >= 4 is 39.2 Å². The lowest BCUT2D eigenvalue weighted by atomic mass is 9.96. The Morgan fingerprint density at radius 2 is 1.96 bits per heavy atom. The molecule has 3 rings (SSSR count). The van der Waals surface area contributed by atoms with Gasteiger partial charge in [0.15, 0.2) is 0 Å². The highest BCUT2D eigenvalue weighted by Crippen LogP contribution is 2.35. The Morgan fingerprint density at radius 1 is 1.22 bits per heavy atom. The van der Waals surface area contributed by atoms with Gasteiger partial charge in [0, 0.05) is 22.7 Å². The van der Waals surface area contributed by atoms with E-state index in [1.165, 1.54) is 27.8 Å². The molecule has 0 spiro atoms. The van der Waals surface area contributed by atoms with E-state index in [9.17, 15) is 4.79 Å². The first-order valence-electron chi connectivity index (χ1n) is 9.21. The lowest BCUT2D eigenvalue weighted by molar-refractivity contribution is -0.120. The normalized spacial score (nSPS) is 13.5. The van der Waals surface area contributed by atoms with Crippen LogP contribution >= 0.6 is 23.1 Å². The number of nitrogens with one attached hydrogen (secondary N) is 1. The van der Waals surface area contributed by atoms with Crippen LogP contribution in [0.25, 0.3) is 10.2 Å². The highest BCUT2D eigenvalue weighted by atomic mass is 32.2. The van der Waals surface area contributed by atoms with Gasteiger partial charge in [-0.3, -0.25) is 4.79 Å². The SMILES string of the molecule is CC[C@H](CNC(=O)[C@H](C)Sc1ncnc2sc(C)c(C)c12)c1ccccc1. The van der Waals surface area contributed by atoms with Crippen LogP contribution in [-0.4, -0.2) is 27.7 Å². The third-order valence-electron chi connectivity index (χ3n) is 4.87. The summed E-state index contributed by atoms with van der Waals surface area (Å²) in [7, 11) is 0. The van der Waals surface area contributed by atoms with Gasteiger partial charge in [-0.2, -0.15) is 0 Å². The van der Waals surface area contributed by atoms with E-state index >= 15 is 0 Å². The number of hydrogen-bond donors (Lipinski definition) is 1. The number of hydrogen-bond acceptors (Lipinski definition) is 5. The summed E-state index contributed by atoms with van der Waals surface area (Å²) >= 11 is 3.19. The molecule has 0 radical (unpaired) electrons. The van der Waals surface area contributed by atoms with Gasteiger partial charge < -0.3 is 5.32 Å². The van der Waals surface area contributed by atoms with E-state index in [-0.39, 0.29) is 11.2 Å². The number of carbonyl (C=O) groups is 1. The molecule has 0 unspecified atom stereocenters. The van der Waals surface area contributed by atoms with Crippen molar-refractivity contribution in [2.24, 2.45) is 0 Å². The molecule has 0 aliphatic heterocycles. The minimum Gasteiger partial charge on any atom is -0.355 e. The smallest absolute Gasteiger partial charge is 0.233 e. The van der Waals surface area contributed by atoms with Gasteiger partial charge in [0.2, 0.25) is 5.91 Å². The molecule has 0 fully saturated rings. The van der Waals surface area contributed by atoms with Crippen LogP contribution in [0.1, 0.15) is 42.2 Å². The number of rotatable bonds is 7. The number of nitrogens with zero attached hydrogens (tertiary/aromatic N) is 2. The topological polar surface area (TPSA) is 54.9 Å². The van der Waals surface area contributed by atoms with E-state index in [0.717, 1.165) is 21.7 Å². The number of aryl methyl sites for hydroxylation is 2. The maximum atomic E-state index is 12.7. The van der Waals surface area contributed by atoms with Crippen molar-refractivity contribution in [2.75, 3.05) is 6.54 Å². The number of amides is 1. The molecule has 0 saturated carbocycles. The highest BCUT2D eigenvalue weighted by molar-refractivity contribution is 8.00. The second-order valence-electron chi connectivity index (χ2n) is 6.66. The van der Waals surface area contributed by atoms with E-state index < -0.39 is 0 Å². The molecular formula is C21H25N3OS2. The summed E-state index contributed by atoms with van der Waals surface area (Å²) < 4.78 is 0. The third kappa shape index (κ3) is 4.50. The first kappa shape index (κ1) is 19.8. The lowest BCUT2D eigenvalue weighted by Gasteiger charge is -2.18. The van der Waals surface area contributed by atoms with Gasteiger partial charge in [-0.25, -0.2) is 9.97 Å². The molecular weight excluding hydrogens is 374 g/mol. The lowest BCUT2D eigenvalue weighted by Crippen LogP contribution is -2.34. The molecule has 3 aromatic rings. The molecule has 2 aromatic heterocycles. The van der Waals surface area contributed by atoms with Gasteiger partial charge >= 0.3 is 0 Å². The number of fused-ring (bicyclic) bond motifs is 1.